The van der Waals surface area contributed by atoms with Crippen molar-refractivity contribution < 1.29 is 55.2 Å². The fourth-order valence-electron chi connectivity index (χ4n) is 0.811. The van der Waals surface area contributed by atoms with Gasteiger partial charge in [-0.1, -0.05) is 0 Å². The number of aliphatic hydroxyl groups is 5. The molecule has 0 radical (unpaired) electrons. The third-order valence-electron chi connectivity index (χ3n) is 1.88. The van der Waals surface area contributed by atoms with Crippen molar-refractivity contribution in [3.63, 3.8) is 0 Å². The summed E-state index contributed by atoms with van der Waals surface area (Å²) < 4.78 is 0. The minimum atomic E-state index is -2.20. The van der Waals surface area contributed by atoms with Crippen molar-refractivity contribution >= 4 is 17.9 Å². The first-order chi connectivity index (χ1) is 9.54. The highest BCUT2D eigenvalue weighted by Gasteiger charge is 2.33. The molecule has 8 N–H and O–H groups in total. The van der Waals surface area contributed by atoms with Gasteiger partial charge in [-0.3, -0.25) is 0 Å². The molecule has 0 saturated carbocycles. The maximum Gasteiger partial charge on any atom is 0.335 e. The lowest BCUT2D eigenvalue weighted by molar-refractivity contribution is -0.164. The number of aliphatic carboxylic acids is 3. The molecule has 0 bridgehead atoms. The molecule has 4 atom stereocenters. The van der Waals surface area contributed by atoms with Gasteiger partial charge in [-0.05, 0) is 0 Å². The highest BCUT2D eigenvalue weighted by atomic mass is 16.4. The molecule has 11 nitrogen and oxygen atoms in total. The van der Waals surface area contributed by atoms with E-state index in [1.165, 1.54) is 0 Å². The van der Waals surface area contributed by atoms with E-state index in [9.17, 15) is 14.4 Å². The summed E-state index contributed by atoms with van der Waals surface area (Å²) in [6.07, 6.45) is -6.72. The van der Waals surface area contributed by atoms with Crippen molar-refractivity contribution in [3.05, 3.63) is 12.2 Å². The zero-order valence-corrected chi connectivity index (χ0v) is 10.5. The lowest BCUT2D eigenvalue weighted by atomic mass is 10.0. The topological polar surface area (TPSA) is 213 Å². The number of carboxylic acid groups (broad SMARTS) is 3. The maximum absolute atomic E-state index is 10.1. The molecule has 21 heavy (non-hydrogen) atoms. The van der Waals surface area contributed by atoms with Crippen LogP contribution in [0.3, 0.4) is 0 Å². The van der Waals surface area contributed by atoms with Gasteiger partial charge in [0.05, 0.1) is 6.61 Å². The fourth-order valence-corrected chi connectivity index (χ4v) is 0.811. The van der Waals surface area contributed by atoms with Crippen LogP contribution in [-0.4, -0.2) is 89.8 Å². The van der Waals surface area contributed by atoms with Crippen LogP contribution < -0.4 is 0 Å². The van der Waals surface area contributed by atoms with E-state index in [4.69, 9.17) is 40.9 Å². The highest BCUT2D eigenvalue weighted by Crippen LogP contribution is 2.04. The molecule has 0 heterocycles. The Hall–Kier alpha value is -2.05. The number of rotatable bonds is 7. The molecular formula is C10H16O11. The first-order valence-corrected chi connectivity index (χ1v) is 5.24. The molecule has 0 rings (SSSR count). The number of hydrogen-bond donors (Lipinski definition) is 8. The van der Waals surface area contributed by atoms with Crippen molar-refractivity contribution in [2.45, 2.75) is 24.4 Å². The molecule has 0 aliphatic carbocycles. The van der Waals surface area contributed by atoms with E-state index in [1.54, 1.807) is 0 Å². The van der Waals surface area contributed by atoms with Gasteiger partial charge < -0.3 is 40.9 Å². The van der Waals surface area contributed by atoms with Crippen LogP contribution >= 0.6 is 0 Å². The zero-order chi connectivity index (χ0) is 17.2. The van der Waals surface area contributed by atoms with Crippen LogP contribution in [0.5, 0.6) is 0 Å². The summed E-state index contributed by atoms with van der Waals surface area (Å²) in [6, 6.07) is 0. The molecule has 0 fully saturated rings. The number of carboxylic acids is 3. The van der Waals surface area contributed by atoms with E-state index < -0.39 is 48.9 Å². The van der Waals surface area contributed by atoms with Gasteiger partial charge in [0, 0.05) is 12.2 Å². The standard InChI is InChI=1S/C6H12O7.C4H4O4/c7-1-2(8)3(9)4(10)5(11)6(12)13;5-3(6)1-2-4(7)8/h2-5,7-11H,1H2,(H,12,13);1-2H,(H,5,6)(H,7,8)/b;2-1+/t2-,3-,4+,5-;/m1./s1. The van der Waals surface area contributed by atoms with E-state index in [0.717, 1.165) is 0 Å². The van der Waals surface area contributed by atoms with Crippen molar-refractivity contribution in [2.75, 3.05) is 6.61 Å². The van der Waals surface area contributed by atoms with E-state index in [-0.39, 0.29) is 0 Å². The lowest BCUT2D eigenvalue weighted by Crippen LogP contribution is -2.48. The molecule has 0 aromatic carbocycles. The third-order valence-corrected chi connectivity index (χ3v) is 1.88. The zero-order valence-electron chi connectivity index (χ0n) is 10.5. The van der Waals surface area contributed by atoms with Crippen LogP contribution in [0.1, 0.15) is 0 Å². The normalized spacial score (nSPS) is 16.2. The SMILES string of the molecule is O=C(O)/C=C/C(=O)O.O=C(O)[C@H](O)[C@@H](O)[C@H](O)[C@H](O)CO. The van der Waals surface area contributed by atoms with Crippen molar-refractivity contribution in [1.29, 1.82) is 0 Å². The average Bonchev–Trinajstić information content (AvgIpc) is 2.42. The second-order valence-electron chi connectivity index (χ2n) is 3.52. The molecule has 0 aliphatic rings. The lowest BCUT2D eigenvalue weighted by Gasteiger charge is -2.23. The molecule has 0 amide bonds. The predicted molar refractivity (Wildman–Crippen MR) is 63.2 cm³/mol. The molecular weight excluding hydrogens is 296 g/mol. The average molecular weight is 312 g/mol. The Bertz CT molecular complexity index is 361. The quantitative estimate of drug-likeness (QED) is 0.213. The summed E-state index contributed by atoms with van der Waals surface area (Å²) in [7, 11) is 0. The minimum absolute atomic E-state index is 0.558. The largest absolute Gasteiger partial charge is 0.479 e. The molecule has 0 aliphatic heterocycles. The van der Waals surface area contributed by atoms with Crippen LogP contribution in [0.15, 0.2) is 12.2 Å². The molecule has 0 aromatic heterocycles. The van der Waals surface area contributed by atoms with Gasteiger partial charge in [0.15, 0.2) is 6.10 Å². The van der Waals surface area contributed by atoms with Gasteiger partial charge in [-0.25, -0.2) is 14.4 Å². The highest BCUT2D eigenvalue weighted by molar-refractivity contribution is 5.89. The van der Waals surface area contributed by atoms with Crippen molar-refractivity contribution in [2.24, 2.45) is 0 Å². The van der Waals surface area contributed by atoms with Crippen molar-refractivity contribution in [3.8, 4) is 0 Å². The number of hydrogen-bond acceptors (Lipinski definition) is 8. The maximum atomic E-state index is 10.1. The Kier molecular flexibility index (Phi) is 10.8. The van der Waals surface area contributed by atoms with E-state index in [0.29, 0.717) is 12.2 Å². The Morgan fingerprint density at radius 3 is 1.43 bits per heavy atom. The van der Waals surface area contributed by atoms with Gasteiger partial charge in [0.2, 0.25) is 0 Å². The number of aliphatic hydroxyl groups excluding tert-OH is 5. The summed E-state index contributed by atoms with van der Waals surface area (Å²) in [5.41, 5.74) is 0. The molecule has 0 unspecified atom stereocenters. The minimum Gasteiger partial charge on any atom is -0.479 e. The second kappa shape index (κ2) is 10.7. The fraction of sp³-hybridized carbons (Fsp3) is 0.500. The molecule has 0 spiro atoms. The molecule has 122 valence electrons. The Labute approximate surface area is 117 Å². The first kappa shape index (κ1) is 21.3. The van der Waals surface area contributed by atoms with Crippen LogP contribution in [0.4, 0.5) is 0 Å². The van der Waals surface area contributed by atoms with Gasteiger partial charge in [0.25, 0.3) is 0 Å². The van der Waals surface area contributed by atoms with Crippen LogP contribution in [0.2, 0.25) is 0 Å². The Morgan fingerprint density at radius 2 is 1.19 bits per heavy atom. The van der Waals surface area contributed by atoms with Crippen LogP contribution in [0, 0.1) is 0 Å². The number of carbonyl (C=O) groups is 3. The Balaban J connectivity index is 0. The van der Waals surface area contributed by atoms with Gasteiger partial charge in [0.1, 0.15) is 18.3 Å². The molecule has 0 saturated heterocycles. The van der Waals surface area contributed by atoms with Gasteiger partial charge in [-0.2, -0.15) is 0 Å². The van der Waals surface area contributed by atoms with E-state index in [2.05, 4.69) is 0 Å². The van der Waals surface area contributed by atoms with E-state index in [1.807, 2.05) is 0 Å². The van der Waals surface area contributed by atoms with Gasteiger partial charge in [-0.15, -0.1) is 0 Å². The molecule has 0 aromatic rings. The van der Waals surface area contributed by atoms with Crippen LogP contribution in [0.25, 0.3) is 0 Å². The smallest absolute Gasteiger partial charge is 0.335 e. The predicted octanol–water partition coefficient (Wildman–Crippen LogP) is -3.78. The molecule has 11 heteroatoms. The first-order valence-electron chi connectivity index (χ1n) is 5.24. The van der Waals surface area contributed by atoms with Crippen LogP contribution in [-0.2, 0) is 14.4 Å². The summed E-state index contributed by atoms with van der Waals surface area (Å²) in [5, 5.41) is 67.4. The third kappa shape index (κ3) is 10.4. The summed E-state index contributed by atoms with van der Waals surface area (Å²) in [5.74, 6) is -4.24. The summed E-state index contributed by atoms with van der Waals surface area (Å²) in [4.78, 5) is 29.2. The van der Waals surface area contributed by atoms with Gasteiger partial charge >= 0.3 is 17.9 Å². The summed E-state index contributed by atoms with van der Waals surface area (Å²) in [6.45, 7) is -0.843. The second-order valence-corrected chi connectivity index (χ2v) is 3.52. The summed E-state index contributed by atoms with van der Waals surface area (Å²) >= 11 is 0. The Morgan fingerprint density at radius 1 is 0.810 bits per heavy atom. The van der Waals surface area contributed by atoms with E-state index >= 15 is 0 Å². The van der Waals surface area contributed by atoms with Crippen molar-refractivity contribution in [1.82, 2.24) is 0 Å². The monoisotopic (exact) mass is 312 g/mol.